The molecule has 31 heavy (non-hydrogen) atoms. The predicted octanol–water partition coefficient (Wildman–Crippen LogP) is 4.78. The van der Waals surface area contributed by atoms with Gasteiger partial charge < -0.3 is 19.6 Å². The first-order chi connectivity index (χ1) is 15.0. The maximum absolute atomic E-state index is 11.3. The zero-order chi connectivity index (χ0) is 22.0. The maximum Gasteiger partial charge on any atom is 0.335 e. The number of aryl methyl sites for hydroxylation is 1. The summed E-state index contributed by atoms with van der Waals surface area (Å²) in [5.41, 5.74) is 4.95. The van der Waals surface area contributed by atoms with Crippen molar-refractivity contribution in [3.05, 3.63) is 64.8 Å². The number of hydrogen-bond acceptors (Lipinski definition) is 4. The molecule has 164 valence electrons. The normalized spacial score (nSPS) is 19.6. The number of nitrogens with zero attached hydrogens (tertiary/aromatic N) is 1. The third kappa shape index (κ3) is 4.31. The van der Waals surface area contributed by atoms with Crippen molar-refractivity contribution in [2.24, 2.45) is 5.92 Å². The van der Waals surface area contributed by atoms with Gasteiger partial charge in [0, 0.05) is 49.0 Å². The molecule has 1 fully saturated rings. The van der Waals surface area contributed by atoms with E-state index in [9.17, 15) is 9.90 Å². The summed E-state index contributed by atoms with van der Waals surface area (Å²) in [5, 5.41) is 10.5. The lowest BCUT2D eigenvalue weighted by atomic mass is 9.86. The number of piperidine rings is 1. The molecule has 2 N–H and O–H groups in total. The zero-order valence-corrected chi connectivity index (χ0v) is 18.4. The second kappa shape index (κ2) is 9.12. The Morgan fingerprint density at radius 3 is 2.68 bits per heavy atom. The summed E-state index contributed by atoms with van der Waals surface area (Å²) in [4.78, 5) is 17.1. The standard InChI is InChI=1S/C25H30N2O4/c1-16-12-23(31-3)21(20-8-10-26-24(16)20)14-27-11-9-17(15-30-2)13-22(27)18-4-6-19(7-5-18)25(28)29/h4-8,10,12,17,22,26H,9,11,13-15H2,1-3H3,(H,28,29)/t17?,22-/m0/s1. The van der Waals surface area contributed by atoms with Gasteiger partial charge in [-0.15, -0.1) is 0 Å². The van der Waals surface area contributed by atoms with Gasteiger partial charge >= 0.3 is 5.97 Å². The first-order valence-corrected chi connectivity index (χ1v) is 10.7. The fraction of sp³-hybridized carbons (Fsp3) is 0.400. The SMILES string of the molecule is COCC1CCN(Cc2c(OC)cc(C)c3[nH]ccc23)[C@H](c2ccc(C(=O)O)cc2)C1. The van der Waals surface area contributed by atoms with E-state index in [2.05, 4.69) is 28.9 Å². The van der Waals surface area contributed by atoms with Gasteiger partial charge in [-0.25, -0.2) is 4.79 Å². The summed E-state index contributed by atoms with van der Waals surface area (Å²) < 4.78 is 11.2. The van der Waals surface area contributed by atoms with E-state index in [1.165, 1.54) is 16.5 Å². The van der Waals surface area contributed by atoms with Gasteiger partial charge in [0.15, 0.2) is 0 Å². The van der Waals surface area contributed by atoms with Crippen molar-refractivity contribution in [2.45, 2.75) is 32.4 Å². The molecule has 1 aliphatic rings. The number of hydrogen-bond donors (Lipinski definition) is 2. The van der Waals surface area contributed by atoms with Crippen LogP contribution in [0.15, 0.2) is 42.6 Å². The number of nitrogens with one attached hydrogen (secondary N) is 1. The van der Waals surface area contributed by atoms with Crippen molar-refractivity contribution in [3.8, 4) is 5.75 Å². The van der Waals surface area contributed by atoms with E-state index < -0.39 is 5.97 Å². The number of H-pyrrole nitrogens is 1. The van der Waals surface area contributed by atoms with Crippen molar-refractivity contribution in [3.63, 3.8) is 0 Å². The van der Waals surface area contributed by atoms with E-state index in [1.54, 1.807) is 26.4 Å². The lowest BCUT2D eigenvalue weighted by Gasteiger charge is -2.40. The molecule has 0 amide bonds. The molecule has 0 bridgehead atoms. The number of carbonyl (C=O) groups is 1. The molecule has 1 saturated heterocycles. The van der Waals surface area contributed by atoms with Crippen LogP contribution >= 0.6 is 0 Å². The summed E-state index contributed by atoms with van der Waals surface area (Å²) in [6, 6.07) is 11.7. The zero-order valence-electron chi connectivity index (χ0n) is 18.4. The van der Waals surface area contributed by atoms with Crippen molar-refractivity contribution >= 4 is 16.9 Å². The van der Waals surface area contributed by atoms with Gasteiger partial charge in [0.25, 0.3) is 0 Å². The molecule has 1 aromatic heterocycles. The molecule has 6 heteroatoms. The van der Waals surface area contributed by atoms with E-state index in [0.29, 0.717) is 11.5 Å². The summed E-state index contributed by atoms with van der Waals surface area (Å²) in [6.45, 7) is 4.55. The van der Waals surface area contributed by atoms with Gasteiger partial charge in [0.2, 0.25) is 0 Å². The quantitative estimate of drug-likeness (QED) is 0.573. The number of ether oxygens (including phenoxy) is 2. The van der Waals surface area contributed by atoms with Gasteiger partial charge in [0.05, 0.1) is 12.7 Å². The van der Waals surface area contributed by atoms with Crippen LogP contribution < -0.4 is 4.74 Å². The van der Waals surface area contributed by atoms with Crippen LogP contribution in [0.2, 0.25) is 0 Å². The Morgan fingerprint density at radius 1 is 1.23 bits per heavy atom. The molecule has 0 spiro atoms. The number of likely N-dealkylation sites (tertiary alicyclic amines) is 1. The van der Waals surface area contributed by atoms with Gasteiger partial charge in [-0.05, 0) is 67.6 Å². The number of carboxylic acid groups (broad SMARTS) is 1. The van der Waals surface area contributed by atoms with Crippen LogP contribution in [-0.4, -0.2) is 48.3 Å². The van der Waals surface area contributed by atoms with Crippen LogP contribution in [0.5, 0.6) is 5.75 Å². The molecule has 6 nitrogen and oxygen atoms in total. The number of fused-ring (bicyclic) bond motifs is 1. The molecule has 2 heterocycles. The van der Waals surface area contributed by atoms with Crippen molar-refractivity contribution < 1.29 is 19.4 Å². The molecule has 0 radical (unpaired) electrons. The van der Waals surface area contributed by atoms with Crippen molar-refractivity contribution in [1.29, 1.82) is 0 Å². The van der Waals surface area contributed by atoms with Crippen LogP contribution in [0.25, 0.3) is 10.9 Å². The summed E-state index contributed by atoms with van der Waals surface area (Å²) in [5.74, 6) is 0.490. The Kier molecular flexibility index (Phi) is 6.30. The van der Waals surface area contributed by atoms with E-state index in [4.69, 9.17) is 9.47 Å². The average molecular weight is 423 g/mol. The Bertz CT molecular complexity index is 1060. The van der Waals surface area contributed by atoms with Gasteiger partial charge in [0.1, 0.15) is 5.75 Å². The number of aromatic nitrogens is 1. The molecular weight excluding hydrogens is 392 g/mol. The smallest absolute Gasteiger partial charge is 0.335 e. The largest absolute Gasteiger partial charge is 0.496 e. The lowest BCUT2D eigenvalue weighted by Crippen LogP contribution is -2.37. The van der Waals surface area contributed by atoms with E-state index in [0.717, 1.165) is 49.4 Å². The fourth-order valence-electron chi connectivity index (χ4n) is 4.84. The first kappa shape index (κ1) is 21.4. The number of aromatic carboxylic acids is 1. The molecule has 0 saturated carbocycles. The minimum absolute atomic E-state index is 0.191. The summed E-state index contributed by atoms with van der Waals surface area (Å²) in [7, 11) is 3.48. The third-order valence-electron chi connectivity index (χ3n) is 6.46. The number of carboxylic acids is 1. The Morgan fingerprint density at radius 2 is 2.00 bits per heavy atom. The highest BCUT2D eigenvalue weighted by atomic mass is 16.5. The minimum atomic E-state index is -0.899. The number of aromatic amines is 1. The van der Waals surface area contributed by atoms with Gasteiger partial charge in [-0.3, -0.25) is 4.90 Å². The van der Waals surface area contributed by atoms with Crippen molar-refractivity contribution in [2.75, 3.05) is 27.4 Å². The number of methoxy groups -OCH3 is 2. The Hall–Kier alpha value is -2.83. The van der Waals surface area contributed by atoms with Gasteiger partial charge in [-0.1, -0.05) is 12.1 Å². The van der Waals surface area contributed by atoms with Crippen LogP contribution in [-0.2, 0) is 11.3 Å². The fourth-order valence-corrected chi connectivity index (χ4v) is 4.84. The summed E-state index contributed by atoms with van der Waals surface area (Å²) >= 11 is 0. The molecule has 2 atom stereocenters. The maximum atomic E-state index is 11.3. The molecule has 1 aliphatic heterocycles. The highest BCUT2D eigenvalue weighted by Gasteiger charge is 2.31. The molecular formula is C25H30N2O4. The Balaban J connectivity index is 1.69. The molecule has 4 rings (SSSR count). The topological polar surface area (TPSA) is 74.8 Å². The second-order valence-electron chi connectivity index (χ2n) is 8.40. The van der Waals surface area contributed by atoms with E-state index >= 15 is 0 Å². The predicted molar refractivity (Wildman–Crippen MR) is 121 cm³/mol. The minimum Gasteiger partial charge on any atom is -0.496 e. The summed E-state index contributed by atoms with van der Waals surface area (Å²) in [6.07, 6.45) is 4.03. The third-order valence-corrected chi connectivity index (χ3v) is 6.46. The molecule has 0 aliphatic carbocycles. The Labute approximate surface area is 182 Å². The second-order valence-corrected chi connectivity index (χ2v) is 8.40. The van der Waals surface area contributed by atoms with Crippen LogP contribution in [0, 0.1) is 12.8 Å². The lowest BCUT2D eigenvalue weighted by molar-refractivity contribution is 0.0579. The van der Waals surface area contributed by atoms with Crippen LogP contribution in [0.3, 0.4) is 0 Å². The molecule has 3 aromatic rings. The molecule has 1 unspecified atom stereocenters. The highest BCUT2D eigenvalue weighted by molar-refractivity contribution is 5.88. The monoisotopic (exact) mass is 422 g/mol. The average Bonchev–Trinajstić information content (AvgIpc) is 3.27. The highest BCUT2D eigenvalue weighted by Crippen LogP contribution is 2.39. The molecule has 2 aromatic carbocycles. The van der Waals surface area contributed by atoms with E-state index in [-0.39, 0.29) is 6.04 Å². The van der Waals surface area contributed by atoms with E-state index in [1.807, 2.05) is 18.3 Å². The number of rotatable bonds is 7. The first-order valence-electron chi connectivity index (χ1n) is 10.7. The van der Waals surface area contributed by atoms with Crippen molar-refractivity contribution in [1.82, 2.24) is 9.88 Å². The van der Waals surface area contributed by atoms with Gasteiger partial charge in [-0.2, -0.15) is 0 Å². The number of benzene rings is 2. The van der Waals surface area contributed by atoms with Crippen LogP contribution in [0.4, 0.5) is 0 Å². The van der Waals surface area contributed by atoms with Crippen LogP contribution in [0.1, 0.15) is 45.9 Å².